The van der Waals surface area contributed by atoms with E-state index in [1.165, 1.54) is 17.8 Å². The lowest BCUT2D eigenvalue weighted by Gasteiger charge is -2.36. The number of piperazine rings is 1. The van der Waals surface area contributed by atoms with Crippen LogP contribution in [0.25, 0.3) is 0 Å². The van der Waals surface area contributed by atoms with Crippen LogP contribution in [0.2, 0.25) is 5.02 Å². The molecule has 1 N–H and O–H groups in total. The van der Waals surface area contributed by atoms with Gasteiger partial charge in [0, 0.05) is 44.8 Å². The minimum atomic E-state index is -0.251. The van der Waals surface area contributed by atoms with E-state index in [2.05, 4.69) is 10.2 Å². The fraction of sp³-hybridized carbons (Fsp3) is 0.435. The van der Waals surface area contributed by atoms with Crippen molar-refractivity contribution in [1.82, 2.24) is 14.7 Å². The molecule has 7 nitrogen and oxygen atoms in total. The zero-order valence-corrected chi connectivity index (χ0v) is 19.5. The lowest BCUT2D eigenvalue weighted by Crippen LogP contribution is -2.52. The number of nitrogens with one attached hydrogen (secondary N) is 1. The van der Waals surface area contributed by atoms with E-state index in [0.717, 1.165) is 25.9 Å². The molecule has 0 bridgehead atoms. The molecule has 1 aromatic carbocycles. The number of likely N-dealkylation sites (tertiary alicyclic amines) is 1. The number of piperidine rings is 1. The van der Waals surface area contributed by atoms with Gasteiger partial charge in [-0.3, -0.25) is 19.3 Å². The van der Waals surface area contributed by atoms with Gasteiger partial charge in [-0.05, 0) is 48.9 Å². The molecular formula is C23H27ClN4O3S. The first kappa shape index (κ1) is 22.8. The number of nitrogens with zero attached hydrogens (tertiary/aromatic N) is 3. The Kier molecular flexibility index (Phi) is 7.44. The summed E-state index contributed by atoms with van der Waals surface area (Å²) in [4.78, 5) is 44.3. The smallest absolute Gasteiger partial charge is 0.265 e. The molecule has 2 saturated heterocycles. The molecule has 2 aliphatic heterocycles. The maximum atomic E-state index is 13.0. The summed E-state index contributed by atoms with van der Waals surface area (Å²) in [5, 5.41) is 5.00. The molecule has 0 radical (unpaired) electrons. The minimum absolute atomic E-state index is 0.102. The third-order valence-corrected chi connectivity index (χ3v) is 7.13. The van der Waals surface area contributed by atoms with Crippen LogP contribution in [-0.4, -0.2) is 78.2 Å². The van der Waals surface area contributed by atoms with Crippen molar-refractivity contribution in [2.75, 3.05) is 51.1 Å². The molecular weight excluding hydrogens is 448 g/mol. The first-order chi connectivity index (χ1) is 15.5. The van der Waals surface area contributed by atoms with Gasteiger partial charge in [-0.1, -0.05) is 17.7 Å². The maximum absolute atomic E-state index is 13.0. The van der Waals surface area contributed by atoms with E-state index < -0.39 is 0 Å². The van der Waals surface area contributed by atoms with Crippen LogP contribution in [0.4, 0.5) is 5.69 Å². The number of benzene rings is 1. The number of amides is 3. The standard InChI is InChI=1S/C23H27ClN4O3S/c24-18-7-6-17(15-19(18)25-22(30)20-5-4-14-32-20)23(31)28-12-10-26(11-13-28)16-21(29)27-8-2-1-3-9-27/h4-7,14-15H,1-3,8-13,16H2,(H,25,30). The van der Waals surface area contributed by atoms with Gasteiger partial charge in [0.1, 0.15) is 0 Å². The third kappa shape index (κ3) is 5.49. The normalized spacial score (nSPS) is 17.3. The number of carbonyl (C=O) groups excluding carboxylic acids is 3. The van der Waals surface area contributed by atoms with Crippen molar-refractivity contribution in [3.8, 4) is 0 Å². The van der Waals surface area contributed by atoms with E-state index >= 15 is 0 Å². The van der Waals surface area contributed by atoms with Gasteiger partial charge in [0.15, 0.2) is 0 Å². The average Bonchev–Trinajstić information content (AvgIpc) is 3.36. The van der Waals surface area contributed by atoms with Gasteiger partial charge in [0.2, 0.25) is 5.91 Å². The number of anilines is 1. The second-order valence-electron chi connectivity index (χ2n) is 8.14. The number of carbonyl (C=O) groups is 3. The van der Waals surface area contributed by atoms with Crippen LogP contribution >= 0.6 is 22.9 Å². The molecule has 1 aromatic heterocycles. The molecule has 170 valence electrons. The molecule has 2 fully saturated rings. The average molecular weight is 475 g/mol. The van der Waals surface area contributed by atoms with E-state index in [1.54, 1.807) is 35.2 Å². The van der Waals surface area contributed by atoms with Crippen molar-refractivity contribution in [2.45, 2.75) is 19.3 Å². The number of hydrogen-bond donors (Lipinski definition) is 1. The Morgan fingerprint density at radius 3 is 2.38 bits per heavy atom. The van der Waals surface area contributed by atoms with Gasteiger partial charge < -0.3 is 15.1 Å². The minimum Gasteiger partial charge on any atom is -0.342 e. The summed E-state index contributed by atoms with van der Waals surface area (Å²) in [5.74, 6) is -0.165. The molecule has 0 atom stereocenters. The fourth-order valence-electron chi connectivity index (χ4n) is 4.07. The van der Waals surface area contributed by atoms with Crippen LogP contribution in [0.1, 0.15) is 39.3 Å². The maximum Gasteiger partial charge on any atom is 0.265 e. The van der Waals surface area contributed by atoms with Crippen LogP contribution < -0.4 is 5.32 Å². The van der Waals surface area contributed by atoms with Crippen molar-refractivity contribution < 1.29 is 14.4 Å². The van der Waals surface area contributed by atoms with E-state index in [1.807, 2.05) is 10.3 Å². The van der Waals surface area contributed by atoms with Crippen molar-refractivity contribution in [1.29, 1.82) is 0 Å². The summed E-state index contributed by atoms with van der Waals surface area (Å²) in [7, 11) is 0. The molecule has 3 amide bonds. The second kappa shape index (κ2) is 10.5. The van der Waals surface area contributed by atoms with Crippen LogP contribution in [0.5, 0.6) is 0 Å². The largest absolute Gasteiger partial charge is 0.342 e. The highest BCUT2D eigenvalue weighted by molar-refractivity contribution is 7.12. The number of rotatable bonds is 5. The molecule has 0 spiro atoms. The topological polar surface area (TPSA) is 73.0 Å². The van der Waals surface area contributed by atoms with Gasteiger partial charge in [-0.15, -0.1) is 11.3 Å². The fourth-order valence-corrected chi connectivity index (χ4v) is 4.86. The lowest BCUT2D eigenvalue weighted by molar-refractivity contribution is -0.133. The van der Waals surface area contributed by atoms with Gasteiger partial charge >= 0.3 is 0 Å². The Balaban J connectivity index is 1.32. The first-order valence-electron chi connectivity index (χ1n) is 10.9. The molecule has 0 unspecified atom stereocenters. The van der Waals surface area contributed by atoms with Crippen LogP contribution in [0.3, 0.4) is 0 Å². The molecule has 2 aliphatic rings. The number of thiophene rings is 1. The summed E-state index contributed by atoms with van der Waals surface area (Å²) >= 11 is 7.59. The van der Waals surface area contributed by atoms with Crippen molar-refractivity contribution in [3.63, 3.8) is 0 Å². The van der Waals surface area contributed by atoms with E-state index in [4.69, 9.17) is 11.6 Å². The van der Waals surface area contributed by atoms with Gasteiger partial charge in [-0.25, -0.2) is 0 Å². The van der Waals surface area contributed by atoms with Crippen molar-refractivity contribution in [2.24, 2.45) is 0 Å². The molecule has 9 heteroatoms. The quantitative estimate of drug-likeness (QED) is 0.720. The van der Waals surface area contributed by atoms with Gasteiger partial charge in [0.05, 0.1) is 22.1 Å². The second-order valence-corrected chi connectivity index (χ2v) is 9.49. The Labute approximate surface area is 196 Å². The zero-order valence-electron chi connectivity index (χ0n) is 17.9. The molecule has 0 saturated carbocycles. The monoisotopic (exact) mass is 474 g/mol. The summed E-state index contributed by atoms with van der Waals surface area (Å²) in [6.07, 6.45) is 3.38. The van der Waals surface area contributed by atoms with E-state index in [0.29, 0.717) is 53.9 Å². The predicted octanol–water partition coefficient (Wildman–Crippen LogP) is 3.42. The Bertz CT molecular complexity index is 968. The Morgan fingerprint density at radius 1 is 0.938 bits per heavy atom. The van der Waals surface area contributed by atoms with Crippen LogP contribution in [-0.2, 0) is 4.79 Å². The van der Waals surface area contributed by atoms with Crippen LogP contribution in [0.15, 0.2) is 35.7 Å². The van der Waals surface area contributed by atoms with Gasteiger partial charge in [0.25, 0.3) is 11.8 Å². The third-order valence-electron chi connectivity index (χ3n) is 5.93. The first-order valence-corrected chi connectivity index (χ1v) is 12.2. The van der Waals surface area contributed by atoms with E-state index in [9.17, 15) is 14.4 Å². The number of halogens is 1. The predicted molar refractivity (Wildman–Crippen MR) is 126 cm³/mol. The SMILES string of the molecule is O=C(Nc1cc(C(=O)N2CCN(CC(=O)N3CCCCC3)CC2)ccc1Cl)c1cccs1. The van der Waals surface area contributed by atoms with E-state index in [-0.39, 0.29) is 17.7 Å². The molecule has 3 heterocycles. The molecule has 32 heavy (non-hydrogen) atoms. The zero-order chi connectivity index (χ0) is 22.5. The highest BCUT2D eigenvalue weighted by Gasteiger charge is 2.26. The highest BCUT2D eigenvalue weighted by Crippen LogP contribution is 2.25. The summed E-state index contributed by atoms with van der Waals surface area (Å²) < 4.78 is 0. The lowest BCUT2D eigenvalue weighted by atomic mass is 10.1. The van der Waals surface area contributed by atoms with Gasteiger partial charge in [-0.2, -0.15) is 0 Å². The molecule has 4 rings (SSSR count). The van der Waals surface area contributed by atoms with Crippen molar-refractivity contribution in [3.05, 3.63) is 51.2 Å². The Hall–Kier alpha value is -2.42. The Morgan fingerprint density at radius 2 is 1.69 bits per heavy atom. The molecule has 2 aromatic rings. The van der Waals surface area contributed by atoms with Crippen molar-refractivity contribution >= 4 is 46.3 Å². The summed E-state index contributed by atoms with van der Waals surface area (Å²) in [6.45, 7) is 4.60. The summed E-state index contributed by atoms with van der Waals surface area (Å²) in [5.41, 5.74) is 0.899. The molecule has 0 aliphatic carbocycles. The number of hydrogen-bond acceptors (Lipinski definition) is 5. The van der Waals surface area contributed by atoms with Crippen LogP contribution in [0, 0.1) is 0 Å². The highest BCUT2D eigenvalue weighted by atomic mass is 35.5. The summed E-state index contributed by atoms with van der Waals surface area (Å²) in [6, 6.07) is 8.48.